The number of nitrogens with one attached hydrogen (secondary N) is 1. The zero-order valence-electron chi connectivity index (χ0n) is 63.0. The molecule has 0 aliphatic carbocycles. The van der Waals surface area contributed by atoms with Crippen LogP contribution in [0.2, 0.25) is 0 Å². The number of rotatable bonds is 68. The number of unbranched alkanes of at least 4 members (excludes halogenated alkanes) is 41. The molecule has 12 unspecified atom stereocenters. The lowest BCUT2D eigenvalue weighted by atomic mass is 9.97. The van der Waals surface area contributed by atoms with Crippen LogP contribution >= 0.6 is 0 Å². The van der Waals surface area contributed by atoms with Crippen molar-refractivity contribution >= 4 is 5.91 Å². The van der Waals surface area contributed by atoms with Gasteiger partial charge in [0, 0.05) is 6.42 Å². The van der Waals surface area contributed by atoms with Crippen molar-refractivity contribution in [3.63, 3.8) is 0 Å². The van der Waals surface area contributed by atoms with Gasteiger partial charge in [-0.25, -0.2) is 0 Å². The molecule has 9 N–H and O–H groups in total. The summed E-state index contributed by atoms with van der Waals surface area (Å²) in [5, 5.41) is 87.7. The van der Waals surface area contributed by atoms with Gasteiger partial charge in [0.15, 0.2) is 12.6 Å². The quantitative estimate of drug-likeness (QED) is 0.0204. The lowest BCUT2D eigenvalue weighted by Gasteiger charge is -2.46. The van der Waals surface area contributed by atoms with Crippen LogP contribution in [0.15, 0.2) is 97.2 Å². The molecular weight excluding hydrogens is 1240 g/mol. The standard InChI is InChI=1S/C85H151NO13/c1-3-5-7-9-11-13-15-17-19-21-23-25-27-29-31-33-35-36-37-38-39-41-43-45-47-49-51-53-55-57-59-61-63-65-67-69-77(90)86-73(72-96-84-82(95)80(93)83(76(71-88)98-84)99-85-81(94)79(92)78(91)75(70-87)97-85)74(89)68-66-64-62-60-58-56-54-52-50-48-46-44-42-40-34-32-30-28-26-24-22-20-18-16-14-12-10-8-6-4-2/h5,7,11,13,17,19,23,25,29,31,50,52,58,60,66,68,73-76,78-85,87-89,91-95H,3-4,6,8-10,12,14-16,18,20-22,24,26-28,30,32-49,51,53-57,59,61-65,67,69-72H2,1-2H3,(H,86,90)/b7-5-,13-11-,19-17-,25-23-,31-29-,52-50+,60-58+,68-66+. The molecular formula is C85H151NO13. The van der Waals surface area contributed by atoms with Crippen LogP contribution in [0.3, 0.4) is 0 Å². The van der Waals surface area contributed by atoms with Crippen molar-refractivity contribution in [3.8, 4) is 0 Å². The van der Waals surface area contributed by atoms with Gasteiger partial charge in [-0.15, -0.1) is 0 Å². The summed E-state index contributed by atoms with van der Waals surface area (Å²) in [4.78, 5) is 13.4. The Morgan fingerprint density at radius 2 is 0.707 bits per heavy atom. The number of hydrogen-bond donors (Lipinski definition) is 9. The molecule has 2 heterocycles. The number of aliphatic hydroxyl groups excluding tert-OH is 8. The van der Waals surface area contributed by atoms with Crippen LogP contribution in [0.25, 0.3) is 0 Å². The molecule has 2 saturated heterocycles. The molecule has 0 saturated carbocycles. The predicted octanol–water partition coefficient (Wildman–Crippen LogP) is 18.9. The minimum atomic E-state index is -1.80. The van der Waals surface area contributed by atoms with Crippen molar-refractivity contribution < 1.29 is 64.6 Å². The number of ether oxygens (including phenoxy) is 4. The van der Waals surface area contributed by atoms with Crippen LogP contribution < -0.4 is 5.32 Å². The molecule has 12 atom stereocenters. The van der Waals surface area contributed by atoms with E-state index in [9.17, 15) is 45.6 Å². The van der Waals surface area contributed by atoms with Crippen LogP contribution in [-0.2, 0) is 23.7 Å². The largest absolute Gasteiger partial charge is 0.394 e. The third-order valence-electron chi connectivity index (χ3n) is 19.5. The van der Waals surface area contributed by atoms with Crippen molar-refractivity contribution in [1.82, 2.24) is 5.32 Å². The molecule has 0 radical (unpaired) electrons. The summed E-state index contributed by atoms with van der Waals surface area (Å²) in [6.07, 6.45) is 80.7. The van der Waals surface area contributed by atoms with E-state index in [1.54, 1.807) is 6.08 Å². The normalized spacial score (nSPS) is 22.4. The second-order valence-electron chi connectivity index (χ2n) is 28.5. The average Bonchev–Trinajstić information content (AvgIpc) is 0.799. The van der Waals surface area contributed by atoms with Gasteiger partial charge in [0.1, 0.15) is 48.8 Å². The number of carbonyl (C=O) groups is 1. The van der Waals surface area contributed by atoms with Gasteiger partial charge in [-0.2, -0.15) is 0 Å². The summed E-state index contributed by atoms with van der Waals surface area (Å²) >= 11 is 0. The van der Waals surface area contributed by atoms with Gasteiger partial charge >= 0.3 is 0 Å². The Morgan fingerprint density at radius 3 is 1.11 bits per heavy atom. The van der Waals surface area contributed by atoms with E-state index in [1.165, 1.54) is 231 Å². The topological polar surface area (TPSA) is 228 Å². The maximum Gasteiger partial charge on any atom is 0.220 e. The minimum Gasteiger partial charge on any atom is -0.394 e. The van der Waals surface area contributed by atoms with Crippen LogP contribution in [0.4, 0.5) is 0 Å². The van der Waals surface area contributed by atoms with Gasteiger partial charge in [-0.3, -0.25) is 4.79 Å². The first-order chi connectivity index (χ1) is 48.6. The molecule has 0 aromatic rings. The van der Waals surface area contributed by atoms with Crippen molar-refractivity contribution in [3.05, 3.63) is 97.2 Å². The zero-order valence-corrected chi connectivity index (χ0v) is 63.0. The third kappa shape index (κ3) is 50.9. The highest BCUT2D eigenvalue weighted by atomic mass is 16.7. The van der Waals surface area contributed by atoms with Gasteiger partial charge in [-0.05, 0) is 89.9 Å². The minimum absolute atomic E-state index is 0.250. The van der Waals surface area contributed by atoms with Gasteiger partial charge in [0.2, 0.25) is 5.91 Å². The highest BCUT2D eigenvalue weighted by molar-refractivity contribution is 5.76. The molecule has 2 aliphatic heterocycles. The fourth-order valence-electron chi connectivity index (χ4n) is 13.1. The van der Waals surface area contributed by atoms with Crippen LogP contribution in [0.5, 0.6) is 0 Å². The Labute approximate surface area is 604 Å². The molecule has 1 amide bonds. The van der Waals surface area contributed by atoms with Crippen LogP contribution in [0, 0.1) is 0 Å². The van der Waals surface area contributed by atoms with E-state index in [-0.39, 0.29) is 18.9 Å². The van der Waals surface area contributed by atoms with Crippen molar-refractivity contribution in [2.75, 3.05) is 19.8 Å². The predicted molar refractivity (Wildman–Crippen MR) is 410 cm³/mol. The molecule has 574 valence electrons. The summed E-state index contributed by atoms with van der Waals surface area (Å²) in [5.41, 5.74) is 0. The lowest BCUT2D eigenvalue weighted by molar-refractivity contribution is -0.359. The molecule has 2 rings (SSSR count). The Bertz CT molecular complexity index is 2040. The van der Waals surface area contributed by atoms with Crippen molar-refractivity contribution in [1.29, 1.82) is 0 Å². The SMILES string of the molecule is CC/C=C\C/C=C\C/C=C\C/C=C\C/C=C\CCCCCCCCCCCCCCCCCCCCCC(=O)NC(COC1OC(CO)C(OC2OC(CO)C(O)C(O)C2O)C(O)C1O)C(O)/C=C/CC/C=C/CC/C=C/CCCCCCCCCCCCCCCCCCCCCC. The summed E-state index contributed by atoms with van der Waals surface area (Å²) in [7, 11) is 0. The first kappa shape index (κ1) is 92.0. The molecule has 0 spiro atoms. The second-order valence-corrected chi connectivity index (χ2v) is 28.5. The Hall–Kier alpha value is -3.09. The average molecular weight is 1400 g/mol. The van der Waals surface area contributed by atoms with Crippen molar-refractivity contribution in [2.24, 2.45) is 0 Å². The van der Waals surface area contributed by atoms with Crippen molar-refractivity contribution in [2.45, 2.75) is 415 Å². The summed E-state index contributed by atoms with van der Waals surface area (Å²) in [5.74, 6) is -0.250. The third-order valence-corrected chi connectivity index (χ3v) is 19.5. The fraction of sp³-hybridized carbons (Fsp3) is 0.800. The lowest BCUT2D eigenvalue weighted by Crippen LogP contribution is -2.65. The highest BCUT2D eigenvalue weighted by Gasteiger charge is 2.51. The molecule has 99 heavy (non-hydrogen) atoms. The molecule has 0 aromatic heterocycles. The number of amides is 1. The number of allylic oxidation sites excluding steroid dienone is 15. The van der Waals surface area contributed by atoms with Gasteiger partial charge in [0.05, 0.1) is 32.0 Å². The zero-order chi connectivity index (χ0) is 71.5. The van der Waals surface area contributed by atoms with Crippen LogP contribution in [-0.4, -0.2) is 140 Å². The number of carbonyl (C=O) groups excluding carboxylic acids is 1. The molecule has 14 heteroatoms. The maximum absolute atomic E-state index is 13.4. The molecule has 2 aliphatic rings. The monoisotopic (exact) mass is 1390 g/mol. The summed E-state index contributed by atoms with van der Waals surface area (Å²) < 4.78 is 22.9. The van der Waals surface area contributed by atoms with E-state index < -0.39 is 86.8 Å². The first-order valence-electron chi connectivity index (χ1n) is 41.0. The van der Waals surface area contributed by atoms with Gasteiger partial charge < -0.3 is 65.1 Å². The Kier molecular flexibility index (Phi) is 63.2. The van der Waals surface area contributed by atoms with Gasteiger partial charge in [0.25, 0.3) is 0 Å². The summed E-state index contributed by atoms with van der Waals surface area (Å²) in [6, 6.07) is -0.944. The van der Waals surface area contributed by atoms with Crippen LogP contribution in [0.1, 0.15) is 341 Å². The number of hydrogen-bond acceptors (Lipinski definition) is 13. The molecule has 14 nitrogen and oxygen atoms in total. The molecule has 0 bridgehead atoms. The van der Waals surface area contributed by atoms with E-state index >= 15 is 0 Å². The fourth-order valence-corrected chi connectivity index (χ4v) is 13.1. The Balaban J connectivity index is 1.63. The van der Waals surface area contributed by atoms with E-state index in [1.807, 2.05) is 6.08 Å². The van der Waals surface area contributed by atoms with E-state index in [4.69, 9.17) is 18.9 Å². The van der Waals surface area contributed by atoms with E-state index in [0.717, 1.165) is 77.0 Å². The van der Waals surface area contributed by atoms with Gasteiger partial charge in [-0.1, -0.05) is 342 Å². The second kappa shape index (κ2) is 68.0. The molecule has 2 fully saturated rings. The van der Waals surface area contributed by atoms with E-state index in [2.05, 4.69) is 104 Å². The molecule has 0 aromatic carbocycles. The first-order valence-corrected chi connectivity index (χ1v) is 41.0. The number of aliphatic hydroxyl groups is 8. The highest BCUT2D eigenvalue weighted by Crippen LogP contribution is 2.30. The maximum atomic E-state index is 13.4. The Morgan fingerprint density at radius 1 is 0.374 bits per heavy atom. The summed E-state index contributed by atoms with van der Waals surface area (Å²) in [6.45, 7) is 2.71. The smallest absolute Gasteiger partial charge is 0.220 e. The van der Waals surface area contributed by atoms with E-state index in [0.29, 0.717) is 12.8 Å².